The van der Waals surface area contributed by atoms with E-state index in [9.17, 15) is 0 Å². The average molecular weight is 205 g/mol. The van der Waals surface area contributed by atoms with Crippen LogP contribution in [0.1, 0.15) is 23.5 Å². The van der Waals surface area contributed by atoms with Crippen molar-refractivity contribution in [1.82, 2.24) is 15.3 Å². The largest absolute Gasteiger partial charge is 0.381 e. The molecule has 0 bridgehead atoms. The van der Waals surface area contributed by atoms with Crippen LogP contribution in [0.5, 0.6) is 0 Å². The van der Waals surface area contributed by atoms with Crippen molar-refractivity contribution in [1.29, 1.82) is 0 Å². The Morgan fingerprint density at radius 3 is 3.33 bits per heavy atom. The van der Waals surface area contributed by atoms with Crippen LogP contribution < -0.4 is 5.32 Å². The Balaban J connectivity index is 1.75. The van der Waals surface area contributed by atoms with Crippen molar-refractivity contribution in [2.24, 2.45) is 5.92 Å². The maximum atomic E-state index is 5.35. The number of nitrogens with zero attached hydrogens (tertiary/aromatic N) is 2. The fourth-order valence-electron chi connectivity index (χ4n) is 2.20. The second-order valence-electron chi connectivity index (χ2n) is 4.30. The minimum absolute atomic E-state index is 0.623. The quantitative estimate of drug-likeness (QED) is 0.770. The Kier molecular flexibility index (Phi) is 2.38. The molecule has 1 aromatic rings. The lowest BCUT2D eigenvalue weighted by atomic mass is 10.0. The zero-order valence-electron chi connectivity index (χ0n) is 8.70. The fourth-order valence-corrected chi connectivity index (χ4v) is 2.20. The summed E-state index contributed by atoms with van der Waals surface area (Å²) in [5.41, 5.74) is 2.43. The van der Waals surface area contributed by atoms with E-state index in [0.29, 0.717) is 5.92 Å². The van der Waals surface area contributed by atoms with Gasteiger partial charge in [0.15, 0.2) is 0 Å². The molecule has 1 fully saturated rings. The van der Waals surface area contributed by atoms with Crippen molar-refractivity contribution in [2.75, 3.05) is 13.2 Å². The first-order chi connectivity index (χ1) is 7.42. The Morgan fingerprint density at radius 1 is 1.47 bits per heavy atom. The third-order valence-corrected chi connectivity index (χ3v) is 3.11. The van der Waals surface area contributed by atoms with Crippen LogP contribution in [0.4, 0.5) is 0 Å². The molecule has 3 rings (SSSR count). The lowest BCUT2D eigenvalue weighted by Crippen LogP contribution is -2.08. The predicted octanol–water partition coefficient (Wildman–Crippen LogP) is 0.659. The van der Waals surface area contributed by atoms with E-state index in [2.05, 4.69) is 15.3 Å². The molecule has 0 aromatic carbocycles. The minimum atomic E-state index is 0.623. The second-order valence-corrected chi connectivity index (χ2v) is 4.30. The summed E-state index contributed by atoms with van der Waals surface area (Å²) in [4.78, 5) is 8.99. The zero-order valence-corrected chi connectivity index (χ0v) is 8.70. The smallest absolute Gasteiger partial charge is 0.128 e. The summed E-state index contributed by atoms with van der Waals surface area (Å²) in [6.45, 7) is 3.59. The molecule has 0 saturated carbocycles. The minimum Gasteiger partial charge on any atom is -0.381 e. The molecule has 80 valence electrons. The lowest BCUT2D eigenvalue weighted by molar-refractivity contribution is 0.185. The van der Waals surface area contributed by atoms with Gasteiger partial charge in [-0.15, -0.1) is 0 Å². The molecule has 1 aromatic heterocycles. The number of nitrogens with one attached hydrogen (secondary N) is 1. The average Bonchev–Trinajstić information content (AvgIpc) is 2.87. The van der Waals surface area contributed by atoms with Gasteiger partial charge in [0.2, 0.25) is 0 Å². The highest BCUT2D eigenvalue weighted by molar-refractivity contribution is 5.21. The zero-order chi connectivity index (χ0) is 10.1. The maximum absolute atomic E-state index is 5.35. The molecular weight excluding hydrogens is 190 g/mol. The van der Waals surface area contributed by atoms with Crippen LogP contribution in [0.15, 0.2) is 6.20 Å². The molecule has 0 amide bonds. The van der Waals surface area contributed by atoms with Crippen molar-refractivity contribution < 1.29 is 4.74 Å². The second kappa shape index (κ2) is 3.87. The first-order valence-corrected chi connectivity index (χ1v) is 5.54. The number of hydrogen-bond donors (Lipinski definition) is 1. The Hall–Kier alpha value is -1.00. The molecule has 1 atom stereocenters. The van der Waals surface area contributed by atoms with E-state index in [0.717, 1.165) is 45.0 Å². The van der Waals surface area contributed by atoms with Gasteiger partial charge in [-0.2, -0.15) is 0 Å². The van der Waals surface area contributed by atoms with Crippen LogP contribution in [-0.4, -0.2) is 23.2 Å². The number of fused-ring (bicyclic) bond motifs is 1. The molecule has 1 unspecified atom stereocenters. The molecule has 3 heterocycles. The molecule has 15 heavy (non-hydrogen) atoms. The third-order valence-electron chi connectivity index (χ3n) is 3.11. The highest BCUT2D eigenvalue weighted by atomic mass is 16.5. The molecule has 2 aliphatic rings. The van der Waals surface area contributed by atoms with Crippen molar-refractivity contribution >= 4 is 0 Å². The van der Waals surface area contributed by atoms with E-state index in [1.165, 1.54) is 11.3 Å². The highest BCUT2D eigenvalue weighted by Gasteiger charge is 2.19. The van der Waals surface area contributed by atoms with E-state index in [4.69, 9.17) is 4.74 Å². The molecule has 0 aliphatic carbocycles. The van der Waals surface area contributed by atoms with Gasteiger partial charge in [0.05, 0.1) is 5.69 Å². The third kappa shape index (κ3) is 1.87. The predicted molar refractivity (Wildman–Crippen MR) is 55.2 cm³/mol. The van der Waals surface area contributed by atoms with Gasteiger partial charge in [-0.25, -0.2) is 9.97 Å². The van der Waals surface area contributed by atoms with Crippen LogP contribution in [-0.2, 0) is 24.2 Å². The molecule has 4 heteroatoms. The van der Waals surface area contributed by atoms with Gasteiger partial charge in [0.25, 0.3) is 0 Å². The van der Waals surface area contributed by atoms with Gasteiger partial charge in [-0.3, -0.25) is 0 Å². The highest BCUT2D eigenvalue weighted by Crippen LogP contribution is 2.18. The summed E-state index contributed by atoms with van der Waals surface area (Å²) >= 11 is 0. The van der Waals surface area contributed by atoms with E-state index >= 15 is 0 Å². The molecule has 1 saturated heterocycles. The normalized spacial score (nSPS) is 24.4. The van der Waals surface area contributed by atoms with Gasteiger partial charge in [-0.05, 0) is 12.3 Å². The maximum Gasteiger partial charge on any atom is 0.128 e. The first kappa shape index (κ1) is 9.24. The van der Waals surface area contributed by atoms with Crippen LogP contribution in [0.25, 0.3) is 0 Å². The van der Waals surface area contributed by atoms with Crippen LogP contribution in [0.3, 0.4) is 0 Å². The van der Waals surface area contributed by atoms with Crippen LogP contribution >= 0.6 is 0 Å². The van der Waals surface area contributed by atoms with Gasteiger partial charge in [0, 0.05) is 44.5 Å². The number of ether oxygens (including phenoxy) is 1. The summed E-state index contributed by atoms with van der Waals surface area (Å²) in [5.74, 6) is 1.60. The monoisotopic (exact) mass is 205 g/mol. The summed E-state index contributed by atoms with van der Waals surface area (Å²) in [7, 11) is 0. The molecule has 4 nitrogen and oxygen atoms in total. The standard InChI is InChI=1S/C11H15N3O/c1-2-15-7-8(1)3-11-13-5-9-4-12-6-10(9)14-11/h5,8,12H,1-4,6-7H2. The summed E-state index contributed by atoms with van der Waals surface area (Å²) < 4.78 is 5.35. The molecule has 0 spiro atoms. The van der Waals surface area contributed by atoms with Gasteiger partial charge < -0.3 is 10.1 Å². The van der Waals surface area contributed by atoms with Gasteiger partial charge in [0.1, 0.15) is 5.82 Å². The SMILES string of the molecule is c1nc(CC2CCOC2)nc2c1CNC2. The van der Waals surface area contributed by atoms with E-state index in [-0.39, 0.29) is 0 Å². The van der Waals surface area contributed by atoms with Gasteiger partial charge >= 0.3 is 0 Å². The molecule has 0 radical (unpaired) electrons. The fraction of sp³-hybridized carbons (Fsp3) is 0.636. The summed E-state index contributed by atoms with van der Waals surface area (Å²) in [6, 6.07) is 0. The van der Waals surface area contributed by atoms with E-state index < -0.39 is 0 Å². The Bertz CT molecular complexity index is 361. The van der Waals surface area contributed by atoms with E-state index in [1.807, 2.05) is 6.20 Å². The van der Waals surface area contributed by atoms with Crippen LogP contribution in [0.2, 0.25) is 0 Å². The van der Waals surface area contributed by atoms with Crippen molar-refractivity contribution in [3.63, 3.8) is 0 Å². The van der Waals surface area contributed by atoms with Gasteiger partial charge in [-0.1, -0.05) is 0 Å². The topological polar surface area (TPSA) is 47.0 Å². The number of rotatable bonds is 2. The van der Waals surface area contributed by atoms with Crippen molar-refractivity contribution in [3.05, 3.63) is 23.3 Å². The molecular formula is C11H15N3O. The first-order valence-electron chi connectivity index (χ1n) is 5.54. The molecule has 2 aliphatic heterocycles. The van der Waals surface area contributed by atoms with E-state index in [1.54, 1.807) is 0 Å². The Morgan fingerprint density at radius 2 is 2.47 bits per heavy atom. The Labute approximate surface area is 89.1 Å². The van der Waals surface area contributed by atoms with Crippen LogP contribution in [0, 0.1) is 5.92 Å². The van der Waals surface area contributed by atoms with Crippen molar-refractivity contribution in [3.8, 4) is 0 Å². The summed E-state index contributed by atoms with van der Waals surface area (Å²) in [6.07, 6.45) is 4.08. The number of aromatic nitrogens is 2. The van der Waals surface area contributed by atoms with Crippen molar-refractivity contribution in [2.45, 2.75) is 25.9 Å². The lowest BCUT2D eigenvalue weighted by Gasteiger charge is -2.06. The molecule has 1 N–H and O–H groups in total. The summed E-state index contributed by atoms with van der Waals surface area (Å²) in [5, 5.41) is 3.28. The number of hydrogen-bond acceptors (Lipinski definition) is 4.